The molecule has 0 aliphatic heterocycles. The normalized spacial score (nSPS) is 11.2. The first-order valence-electron chi connectivity index (χ1n) is 8.44. The number of benzene rings is 1. The Morgan fingerprint density at radius 1 is 1.24 bits per heavy atom. The lowest BCUT2D eigenvalue weighted by Gasteiger charge is -2.06. The van der Waals surface area contributed by atoms with Crippen molar-refractivity contribution >= 4 is 22.7 Å². The van der Waals surface area contributed by atoms with Crippen LogP contribution in [0.2, 0.25) is 0 Å². The Hall–Kier alpha value is -2.53. The topological polar surface area (TPSA) is 50.2 Å². The average molecular weight is 350 g/mol. The minimum Gasteiger partial charge on any atom is -0.264 e. The number of hydrogen-bond donors (Lipinski definition) is 1. The molecule has 5 heteroatoms. The van der Waals surface area contributed by atoms with Crippen LogP contribution in [0.3, 0.4) is 0 Å². The van der Waals surface area contributed by atoms with E-state index in [1.165, 1.54) is 21.6 Å². The number of nitrogens with zero attached hydrogens (tertiary/aromatic N) is 3. The molecule has 0 aliphatic rings. The van der Waals surface area contributed by atoms with Crippen molar-refractivity contribution in [2.75, 3.05) is 5.43 Å². The summed E-state index contributed by atoms with van der Waals surface area (Å²) >= 11 is 1.68. The highest BCUT2D eigenvalue weighted by atomic mass is 32.1. The first kappa shape index (κ1) is 17.3. The lowest BCUT2D eigenvalue weighted by Crippen LogP contribution is -1.92. The van der Waals surface area contributed by atoms with Gasteiger partial charge in [-0.2, -0.15) is 5.10 Å². The van der Waals surface area contributed by atoms with Crippen LogP contribution in [0.1, 0.15) is 34.9 Å². The molecule has 128 valence electrons. The van der Waals surface area contributed by atoms with Gasteiger partial charge in [-0.3, -0.25) is 10.4 Å². The van der Waals surface area contributed by atoms with Crippen molar-refractivity contribution in [3.63, 3.8) is 0 Å². The average Bonchev–Trinajstić information content (AvgIpc) is 3.01. The van der Waals surface area contributed by atoms with E-state index in [1.54, 1.807) is 29.9 Å². The molecule has 0 saturated carbocycles. The standard InChI is InChI=1S/C20H22N4S/c1-4-6-18-19(17-11-14(2)8-9-15(17)3)23-20(25-18)24-22-13-16-7-5-10-21-12-16/h5,7-13H,4,6H2,1-3H3,(H,23,24)/b22-13-. The maximum atomic E-state index is 4.81. The van der Waals surface area contributed by atoms with Crippen molar-refractivity contribution in [1.82, 2.24) is 9.97 Å². The van der Waals surface area contributed by atoms with Gasteiger partial charge in [0.25, 0.3) is 0 Å². The van der Waals surface area contributed by atoms with Crippen LogP contribution in [-0.2, 0) is 6.42 Å². The van der Waals surface area contributed by atoms with Crippen LogP contribution in [0.4, 0.5) is 5.13 Å². The number of hydrazone groups is 1. The Balaban J connectivity index is 1.87. The zero-order chi connectivity index (χ0) is 17.6. The minimum absolute atomic E-state index is 0.819. The number of anilines is 1. The number of aromatic nitrogens is 2. The van der Waals surface area contributed by atoms with Gasteiger partial charge in [-0.25, -0.2) is 4.98 Å². The second-order valence-corrected chi connectivity index (χ2v) is 7.10. The molecule has 0 spiro atoms. The summed E-state index contributed by atoms with van der Waals surface area (Å²) in [5, 5.41) is 5.11. The molecule has 2 aromatic heterocycles. The van der Waals surface area contributed by atoms with Gasteiger partial charge in [0.15, 0.2) is 0 Å². The summed E-state index contributed by atoms with van der Waals surface area (Å²) in [7, 11) is 0. The van der Waals surface area contributed by atoms with Crippen LogP contribution in [-0.4, -0.2) is 16.2 Å². The Kier molecular flexibility index (Phi) is 5.56. The van der Waals surface area contributed by atoms with E-state index in [1.807, 2.05) is 12.1 Å². The molecule has 25 heavy (non-hydrogen) atoms. The molecule has 3 aromatic rings. The number of thiazole rings is 1. The van der Waals surface area contributed by atoms with Crippen molar-refractivity contribution in [2.24, 2.45) is 5.10 Å². The quantitative estimate of drug-likeness (QED) is 0.490. The number of hydrogen-bond acceptors (Lipinski definition) is 5. The maximum Gasteiger partial charge on any atom is 0.204 e. The predicted molar refractivity (Wildman–Crippen MR) is 106 cm³/mol. The summed E-state index contributed by atoms with van der Waals surface area (Å²) in [6.45, 7) is 6.45. The van der Waals surface area contributed by atoms with Crippen LogP contribution in [0.15, 0.2) is 47.8 Å². The Bertz CT molecular complexity index is 869. The molecule has 1 aromatic carbocycles. The number of rotatable bonds is 6. The Labute approximate surface area is 152 Å². The van der Waals surface area contributed by atoms with Crippen molar-refractivity contribution in [1.29, 1.82) is 0 Å². The fourth-order valence-corrected chi connectivity index (χ4v) is 3.64. The third-order valence-electron chi connectivity index (χ3n) is 3.88. The largest absolute Gasteiger partial charge is 0.264 e. The van der Waals surface area contributed by atoms with E-state index in [2.05, 4.69) is 54.5 Å². The molecule has 1 N–H and O–H groups in total. The predicted octanol–water partition coefficient (Wildman–Crippen LogP) is 5.22. The van der Waals surface area contributed by atoms with Gasteiger partial charge in [0.05, 0.1) is 11.9 Å². The summed E-state index contributed by atoms with van der Waals surface area (Å²) < 4.78 is 0. The van der Waals surface area contributed by atoms with Crippen LogP contribution in [0.5, 0.6) is 0 Å². The molecular weight excluding hydrogens is 328 g/mol. The van der Waals surface area contributed by atoms with Crippen LogP contribution in [0, 0.1) is 13.8 Å². The maximum absolute atomic E-state index is 4.81. The molecule has 0 fully saturated rings. The van der Waals surface area contributed by atoms with Gasteiger partial charge in [0.2, 0.25) is 5.13 Å². The third kappa shape index (κ3) is 4.31. The zero-order valence-electron chi connectivity index (χ0n) is 14.8. The van der Waals surface area contributed by atoms with Crippen LogP contribution < -0.4 is 5.43 Å². The number of pyridine rings is 1. The summed E-state index contributed by atoms with van der Waals surface area (Å²) in [6, 6.07) is 10.4. The minimum atomic E-state index is 0.819. The summed E-state index contributed by atoms with van der Waals surface area (Å²) in [5.41, 5.74) is 8.81. The van der Waals surface area contributed by atoms with E-state index in [0.29, 0.717) is 0 Å². The lowest BCUT2D eigenvalue weighted by atomic mass is 10.0. The number of nitrogens with one attached hydrogen (secondary N) is 1. The van der Waals surface area contributed by atoms with Gasteiger partial charge >= 0.3 is 0 Å². The third-order valence-corrected chi connectivity index (χ3v) is 4.90. The van der Waals surface area contributed by atoms with Crippen molar-refractivity contribution < 1.29 is 0 Å². The SMILES string of the molecule is CCCc1sc(N/N=C\c2cccnc2)nc1-c1cc(C)ccc1C. The second-order valence-electron chi connectivity index (χ2n) is 6.02. The van der Waals surface area contributed by atoms with E-state index >= 15 is 0 Å². The zero-order valence-corrected chi connectivity index (χ0v) is 15.6. The van der Waals surface area contributed by atoms with E-state index in [4.69, 9.17) is 4.98 Å². The van der Waals surface area contributed by atoms with E-state index in [9.17, 15) is 0 Å². The molecule has 2 heterocycles. The molecule has 0 bridgehead atoms. The van der Waals surface area contributed by atoms with Gasteiger partial charge in [0, 0.05) is 28.4 Å². The summed E-state index contributed by atoms with van der Waals surface area (Å²) in [6.07, 6.45) is 7.40. The number of aryl methyl sites for hydroxylation is 3. The fraction of sp³-hybridized carbons (Fsp3) is 0.250. The monoisotopic (exact) mass is 350 g/mol. The first-order chi connectivity index (χ1) is 12.2. The van der Waals surface area contributed by atoms with E-state index in [-0.39, 0.29) is 0 Å². The molecule has 0 unspecified atom stereocenters. The van der Waals surface area contributed by atoms with Crippen LogP contribution >= 0.6 is 11.3 Å². The van der Waals surface area contributed by atoms with Gasteiger partial charge < -0.3 is 0 Å². The highest BCUT2D eigenvalue weighted by molar-refractivity contribution is 7.16. The fourth-order valence-electron chi connectivity index (χ4n) is 2.61. The highest BCUT2D eigenvalue weighted by Crippen LogP contribution is 2.34. The molecule has 3 rings (SSSR count). The lowest BCUT2D eigenvalue weighted by molar-refractivity contribution is 0.938. The molecule has 0 amide bonds. The molecule has 0 radical (unpaired) electrons. The van der Waals surface area contributed by atoms with Crippen molar-refractivity contribution in [3.8, 4) is 11.3 Å². The molecule has 0 atom stereocenters. The second kappa shape index (κ2) is 8.03. The Morgan fingerprint density at radius 3 is 2.88 bits per heavy atom. The highest BCUT2D eigenvalue weighted by Gasteiger charge is 2.14. The van der Waals surface area contributed by atoms with Gasteiger partial charge in [-0.1, -0.05) is 48.4 Å². The van der Waals surface area contributed by atoms with Gasteiger partial charge in [-0.05, 0) is 38.0 Å². The summed E-state index contributed by atoms with van der Waals surface area (Å²) in [5.74, 6) is 0. The van der Waals surface area contributed by atoms with Crippen molar-refractivity contribution in [3.05, 3.63) is 64.3 Å². The van der Waals surface area contributed by atoms with Gasteiger partial charge in [-0.15, -0.1) is 0 Å². The van der Waals surface area contributed by atoms with Crippen molar-refractivity contribution in [2.45, 2.75) is 33.6 Å². The van der Waals surface area contributed by atoms with Gasteiger partial charge in [0.1, 0.15) is 0 Å². The molecule has 4 nitrogen and oxygen atoms in total. The molecule has 0 aliphatic carbocycles. The summed E-state index contributed by atoms with van der Waals surface area (Å²) in [4.78, 5) is 10.2. The van der Waals surface area contributed by atoms with E-state index < -0.39 is 0 Å². The van der Waals surface area contributed by atoms with Crippen LogP contribution in [0.25, 0.3) is 11.3 Å². The Morgan fingerprint density at radius 2 is 2.12 bits per heavy atom. The van der Waals surface area contributed by atoms with E-state index in [0.717, 1.165) is 29.2 Å². The molecule has 0 saturated heterocycles. The first-order valence-corrected chi connectivity index (χ1v) is 9.25. The molecular formula is C20H22N4S. The smallest absolute Gasteiger partial charge is 0.204 e.